The number of hydrogen-bond acceptors (Lipinski definition) is 4. The van der Waals surface area contributed by atoms with Crippen LogP contribution in [0, 0.1) is 0 Å². The third kappa shape index (κ3) is 2.81. The minimum absolute atomic E-state index is 0.0301. The van der Waals surface area contributed by atoms with Gasteiger partial charge in [0.2, 0.25) is 0 Å². The highest BCUT2D eigenvalue weighted by Crippen LogP contribution is 2.22. The van der Waals surface area contributed by atoms with Crippen molar-refractivity contribution in [2.75, 3.05) is 31.4 Å². The largest absolute Gasteiger partial charge is 0.373 e. The Hall–Kier alpha value is -1.32. The number of aromatic nitrogens is 2. The molecule has 0 saturated heterocycles. The first-order valence-corrected chi connectivity index (χ1v) is 5.09. The molecule has 0 fully saturated rings. The van der Waals surface area contributed by atoms with Gasteiger partial charge < -0.3 is 10.2 Å². The van der Waals surface area contributed by atoms with Crippen LogP contribution < -0.4 is 10.2 Å². The molecule has 0 unspecified atom stereocenters. The fourth-order valence-corrected chi connectivity index (χ4v) is 1.13. The standard InChI is InChI=1S/C11H20N4/c1-11(2,3)10-13-8(12-4)7-9(14-10)15(5)6/h7H,1-6H3,(H,12,13,14). The fraction of sp³-hybridized carbons (Fsp3) is 0.636. The Labute approximate surface area is 91.7 Å². The molecule has 1 aromatic heterocycles. The molecular formula is C11H20N4. The van der Waals surface area contributed by atoms with Gasteiger partial charge in [-0.05, 0) is 0 Å². The van der Waals surface area contributed by atoms with E-state index in [9.17, 15) is 0 Å². The zero-order valence-corrected chi connectivity index (χ0v) is 10.4. The van der Waals surface area contributed by atoms with Crippen molar-refractivity contribution in [3.05, 3.63) is 11.9 Å². The van der Waals surface area contributed by atoms with Crippen molar-refractivity contribution >= 4 is 11.6 Å². The van der Waals surface area contributed by atoms with Gasteiger partial charge >= 0.3 is 0 Å². The molecule has 0 aromatic carbocycles. The minimum atomic E-state index is -0.0301. The Balaban J connectivity index is 3.23. The van der Waals surface area contributed by atoms with Crippen LogP contribution in [0.25, 0.3) is 0 Å². The Morgan fingerprint density at radius 2 is 1.80 bits per heavy atom. The maximum Gasteiger partial charge on any atom is 0.138 e. The quantitative estimate of drug-likeness (QED) is 0.805. The highest BCUT2D eigenvalue weighted by Gasteiger charge is 2.19. The molecule has 1 heterocycles. The van der Waals surface area contributed by atoms with Crippen molar-refractivity contribution in [3.63, 3.8) is 0 Å². The molecule has 4 nitrogen and oxygen atoms in total. The molecule has 0 atom stereocenters. The molecule has 0 aliphatic heterocycles. The Morgan fingerprint density at radius 1 is 1.20 bits per heavy atom. The molecule has 1 aromatic rings. The summed E-state index contributed by atoms with van der Waals surface area (Å²) in [7, 11) is 5.83. The van der Waals surface area contributed by atoms with E-state index < -0.39 is 0 Å². The first kappa shape index (κ1) is 11.8. The van der Waals surface area contributed by atoms with Gasteiger partial charge in [0.25, 0.3) is 0 Å². The van der Waals surface area contributed by atoms with Crippen molar-refractivity contribution in [1.82, 2.24) is 9.97 Å². The summed E-state index contributed by atoms with van der Waals surface area (Å²) in [6.07, 6.45) is 0. The molecule has 0 aliphatic rings. The second-order valence-electron chi connectivity index (χ2n) is 4.83. The van der Waals surface area contributed by atoms with Gasteiger partial charge in [0.1, 0.15) is 17.5 Å². The van der Waals surface area contributed by atoms with E-state index >= 15 is 0 Å². The SMILES string of the molecule is CNc1cc(N(C)C)nc(C(C)(C)C)n1. The molecule has 0 radical (unpaired) electrons. The van der Waals surface area contributed by atoms with E-state index in [1.54, 1.807) is 0 Å². The van der Waals surface area contributed by atoms with Crippen molar-refractivity contribution < 1.29 is 0 Å². The molecule has 4 heteroatoms. The van der Waals surface area contributed by atoms with E-state index in [1.807, 2.05) is 32.1 Å². The van der Waals surface area contributed by atoms with Crippen LogP contribution in [0.2, 0.25) is 0 Å². The van der Waals surface area contributed by atoms with E-state index in [0.29, 0.717) is 0 Å². The van der Waals surface area contributed by atoms with Crippen LogP contribution in [0.4, 0.5) is 11.6 Å². The molecule has 0 spiro atoms. The lowest BCUT2D eigenvalue weighted by molar-refractivity contribution is 0.546. The van der Waals surface area contributed by atoms with Gasteiger partial charge in [-0.2, -0.15) is 0 Å². The van der Waals surface area contributed by atoms with Gasteiger partial charge in [-0.15, -0.1) is 0 Å². The first-order chi connectivity index (χ1) is 6.84. The highest BCUT2D eigenvalue weighted by atomic mass is 15.2. The van der Waals surface area contributed by atoms with Crippen LogP contribution in [-0.4, -0.2) is 31.1 Å². The number of rotatable bonds is 2. The summed E-state index contributed by atoms with van der Waals surface area (Å²) >= 11 is 0. The molecule has 84 valence electrons. The van der Waals surface area contributed by atoms with Crippen LogP contribution in [-0.2, 0) is 5.41 Å². The zero-order valence-electron chi connectivity index (χ0n) is 10.4. The average molecular weight is 208 g/mol. The monoisotopic (exact) mass is 208 g/mol. The summed E-state index contributed by atoms with van der Waals surface area (Å²) in [5.41, 5.74) is -0.0301. The van der Waals surface area contributed by atoms with Crippen LogP contribution in [0.1, 0.15) is 26.6 Å². The van der Waals surface area contributed by atoms with Crippen molar-refractivity contribution in [1.29, 1.82) is 0 Å². The predicted molar refractivity (Wildman–Crippen MR) is 64.6 cm³/mol. The Kier molecular flexibility index (Phi) is 3.17. The van der Waals surface area contributed by atoms with Crippen LogP contribution in [0.5, 0.6) is 0 Å². The summed E-state index contributed by atoms with van der Waals surface area (Å²) in [6, 6.07) is 1.94. The second-order valence-corrected chi connectivity index (χ2v) is 4.83. The van der Waals surface area contributed by atoms with Gasteiger partial charge in [-0.25, -0.2) is 9.97 Å². The summed E-state index contributed by atoms with van der Waals surface area (Å²) in [5.74, 6) is 2.65. The molecule has 0 aliphatic carbocycles. The van der Waals surface area contributed by atoms with E-state index in [4.69, 9.17) is 0 Å². The van der Waals surface area contributed by atoms with E-state index in [-0.39, 0.29) is 5.41 Å². The molecular weight excluding hydrogens is 188 g/mol. The van der Waals surface area contributed by atoms with Gasteiger partial charge in [0, 0.05) is 32.6 Å². The molecule has 0 saturated carbocycles. The lowest BCUT2D eigenvalue weighted by Gasteiger charge is -2.20. The average Bonchev–Trinajstić information content (AvgIpc) is 2.15. The number of nitrogens with zero attached hydrogens (tertiary/aromatic N) is 3. The summed E-state index contributed by atoms with van der Waals surface area (Å²) < 4.78 is 0. The number of hydrogen-bond donors (Lipinski definition) is 1. The maximum atomic E-state index is 4.53. The Morgan fingerprint density at radius 3 is 2.20 bits per heavy atom. The maximum absolute atomic E-state index is 4.53. The van der Waals surface area contributed by atoms with Crippen LogP contribution in [0.15, 0.2) is 6.07 Å². The lowest BCUT2D eigenvalue weighted by Crippen LogP contribution is -2.20. The number of anilines is 2. The summed E-state index contributed by atoms with van der Waals surface area (Å²) in [6.45, 7) is 6.34. The van der Waals surface area contributed by atoms with Crippen molar-refractivity contribution in [3.8, 4) is 0 Å². The second kappa shape index (κ2) is 4.04. The van der Waals surface area contributed by atoms with Crippen LogP contribution in [0.3, 0.4) is 0 Å². The summed E-state index contributed by atoms with van der Waals surface area (Å²) in [4.78, 5) is 11.0. The third-order valence-corrected chi connectivity index (χ3v) is 2.10. The van der Waals surface area contributed by atoms with E-state index in [2.05, 4.69) is 36.1 Å². The zero-order chi connectivity index (χ0) is 11.6. The van der Waals surface area contributed by atoms with Crippen LogP contribution >= 0.6 is 0 Å². The summed E-state index contributed by atoms with van der Waals surface area (Å²) in [5, 5.41) is 3.06. The molecule has 15 heavy (non-hydrogen) atoms. The van der Waals surface area contributed by atoms with Gasteiger partial charge in [-0.1, -0.05) is 20.8 Å². The molecule has 0 amide bonds. The third-order valence-electron chi connectivity index (χ3n) is 2.10. The Bertz CT molecular complexity index is 339. The topological polar surface area (TPSA) is 41.0 Å². The molecule has 1 rings (SSSR count). The normalized spacial score (nSPS) is 11.3. The lowest BCUT2D eigenvalue weighted by atomic mass is 9.96. The van der Waals surface area contributed by atoms with E-state index in [0.717, 1.165) is 17.5 Å². The minimum Gasteiger partial charge on any atom is -0.373 e. The van der Waals surface area contributed by atoms with Gasteiger partial charge in [-0.3, -0.25) is 0 Å². The van der Waals surface area contributed by atoms with Gasteiger partial charge in [0.05, 0.1) is 0 Å². The smallest absolute Gasteiger partial charge is 0.138 e. The van der Waals surface area contributed by atoms with Crippen molar-refractivity contribution in [2.24, 2.45) is 0 Å². The highest BCUT2D eigenvalue weighted by molar-refractivity contribution is 5.48. The fourth-order valence-electron chi connectivity index (χ4n) is 1.13. The number of nitrogens with one attached hydrogen (secondary N) is 1. The molecule has 0 bridgehead atoms. The predicted octanol–water partition coefficient (Wildman–Crippen LogP) is 1.88. The van der Waals surface area contributed by atoms with E-state index in [1.165, 1.54) is 0 Å². The molecule has 1 N–H and O–H groups in total. The van der Waals surface area contributed by atoms with Gasteiger partial charge in [0.15, 0.2) is 0 Å². The van der Waals surface area contributed by atoms with Crippen molar-refractivity contribution in [2.45, 2.75) is 26.2 Å². The first-order valence-electron chi connectivity index (χ1n) is 5.09.